The van der Waals surface area contributed by atoms with Crippen LogP contribution in [0.1, 0.15) is 12.8 Å². The Morgan fingerprint density at radius 3 is 1.88 bits per heavy atom. The van der Waals surface area contributed by atoms with Gasteiger partial charge in [-0.15, -0.1) is 4.91 Å². The van der Waals surface area contributed by atoms with Gasteiger partial charge in [-0.2, -0.15) is 0 Å². The van der Waals surface area contributed by atoms with E-state index in [9.17, 15) is 0 Å². The number of nitrogens with one attached hydrogen (secondary N) is 1. The first-order valence-electron chi connectivity index (χ1n) is 2.59. The van der Waals surface area contributed by atoms with Crippen molar-refractivity contribution in [2.75, 3.05) is 13.1 Å². The van der Waals surface area contributed by atoms with Crippen LogP contribution < -0.4 is 5.32 Å². The lowest BCUT2D eigenvalue weighted by molar-refractivity contribution is 0.312. The summed E-state index contributed by atoms with van der Waals surface area (Å²) in [7, 11) is 0. The van der Waals surface area contributed by atoms with E-state index in [0.717, 1.165) is 0 Å². The SMILES string of the molecule is C1CCNC1.O=NO. The number of nitrogens with zero attached hydrogens (tertiary/aromatic N) is 1. The van der Waals surface area contributed by atoms with Crippen molar-refractivity contribution in [3.63, 3.8) is 0 Å². The lowest BCUT2D eigenvalue weighted by Gasteiger charge is -1.76. The summed E-state index contributed by atoms with van der Waals surface area (Å²) in [6, 6.07) is 0. The van der Waals surface area contributed by atoms with Crippen molar-refractivity contribution in [1.29, 1.82) is 0 Å². The molecule has 0 saturated carbocycles. The zero-order valence-corrected chi connectivity index (χ0v) is 4.63. The smallest absolute Gasteiger partial charge is 0.152 e. The zero-order chi connectivity index (χ0) is 6.24. The van der Waals surface area contributed by atoms with Crippen molar-refractivity contribution in [1.82, 2.24) is 5.32 Å². The maximum Gasteiger partial charge on any atom is 0.152 e. The number of hydrogen-bond donors (Lipinski definition) is 2. The highest BCUT2D eigenvalue weighted by Gasteiger charge is 1.93. The van der Waals surface area contributed by atoms with Crippen molar-refractivity contribution in [2.24, 2.45) is 5.34 Å². The molecule has 1 fully saturated rings. The molecule has 0 amide bonds. The summed E-state index contributed by atoms with van der Waals surface area (Å²) in [6.45, 7) is 2.50. The van der Waals surface area contributed by atoms with Gasteiger partial charge in [0.05, 0.1) is 0 Å². The third-order valence-electron chi connectivity index (χ3n) is 0.957. The van der Waals surface area contributed by atoms with E-state index in [2.05, 4.69) is 5.32 Å². The molecule has 0 bridgehead atoms. The summed E-state index contributed by atoms with van der Waals surface area (Å²) in [5.41, 5.74) is 0. The molecule has 0 aromatic rings. The second kappa shape index (κ2) is 6.36. The highest BCUT2D eigenvalue weighted by Crippen LogP contribution is 1.90. The van der Waals surface area contributed by atoms with Gasteiger partial charge in [0.1, 0.15) is 0 Å². The van der Waals surface area contributed by atoms with Crippen LogP contribution in [0.3, 0.4) is 0 Å². The molecule has 0 aromatic carbocycles. The summed E-state index contributed by atoms with van der Waals surface area (Å²) < 4.78 is 0. The molecule has 0 spiro atoms. The fourth-order valence-corrected chi connectivity index (χ4v) is 0.625. The van der Waals surface area contributed by atoms with Gasteiger partial charge in [-0.1, -0.05) is 0 Å². The molecule has 0 atom stereocenters. The van der Waals surface area contributed by atoms with Crippen LogP contribution >= 0.6 is 0 Å². The number of hydrogen-bond acceptors (Lipinski definition) is 3. The van der Waals surface area contributed by atoms with Gasteiger partial charge in [-0.05, 0) is 25.9 Å². The molecular formula is C4H10N2O2. The average Bonchev–Trinajstić information content (AvgIpc) is 2.17. The molecule has 0 unspecified atom stereocenters. The molecule has 0 aliphatic carbocycles. The Kier molecular flexibility index (Phi) is 5.85. The van der Waals surface area contributed by atoms with Crippen LogP contribution in [0, 0.1) is 4.91 Å². The largest absolute Gasteiger partial charge is 0.379 e. The maximum atomic E-state index is 8.11. The molecule has 1 heterocycles. The first kappa shape index (κ1) is 7.36. The van der Waals surface area contributed by atoms with Gasteiger partial charge in [0.2, 0.25) is 0 Å². The predicted molar refractivity (Wildman–Crippen MR) is 29.7 cm³/mol. The fraction of sp³-hybridized carbons (Fsp3) is 1.00. The van der Waals surface area contributed by atoms with Crippen LogP contribution in [-0.2, 0) is 0 Å². The average molecular weight is 118 g/mol. The summed E-state index contributed by atoms with van der Waals surface area (Å²) in [5, 5.41) is 11.1. The van der Waals surface area contributed by atoms with Crippen LogP contribution in [0.5, 0.6) is 0 Å². The molecule has 2 N–H and O–H groups in total. The van der Waals surface area contributed by atoms with E-state index in [-0.39, 0.29) is 0 Å². The Morgan fingerprint density at radius 2 is 1.75 bits per heavy atom. The van der Waals surface area contributed by atoms with Crippen molar-refractivity contribution in [2.45, 2.75) is 12.8 Å². The number of rotatable bonds is 0. The third kappa shape index (κ3) is 5.36. The molecule has 1 rings (SSSR count). The van der Waals surface area contributed by atoms with Gasteiger partial charge < -0.3 is 10.5 Å². The zero-order valence-electron chi connectivity index (χ0n) is 4.63. The Morgan fingerprint density at radius 1 is 1.38 bits per heavy atom. The van der Waals surface area contributed by atoms with Crippen LogP contribution in [-0.4, -0.2) is 18.3 Å². The quantitative estimate of drug-likeness (QED) is 0.360. The second-order valence-corrected chi connectivity index (χ2v) is 1.54. The van der Waals surface area contributed by atoms with E-state index in [1.807, 2.05) is 0 Å². The molecule has 1 saturated heterocycles. The summed E-state index contributed by atoms with van der Waals surface area (Å²) in [5.74, 6) is 0. The summed E-state index contributed by atoms with van der Waals surface area (Å²) >= 11 is 0. The predicted octanol–water partition coefficient (Wildman–Crippen LogP) is 0.512. The van der Waals surface area contributed by atoms with Gasteiger partial charge in [0.15, 0.2) is 5.34 Å². The van der Waals surface area contributed by atoms with Crippen LogP contribution in [0.25, 0.3) is 0 Å². The summed E-state index contributed by atoms with van der Waals surface area (Å²) in [4.78, 5) is 8.11. The minimum absolute atomic E-state index is 1.25. The van der Waals surface area contributed by atoms with Crippen molar-refractivity contribution in [3.8, 4) is 0 Å². The Bertz CT molecular complexity index is 46.4. The van der Waals surface area contributed by atoms with E-state index in [1.165, 1.54) is 31.3 Å². The molecule has 1 aliphatic heterocycles. The Labute approximate surface area is 47.8 Å². The first-order chi connectivity index (χ1) is 3.91. The molecule has 8 heavy (non-hydrogen) atoms. The minimum Gasteiger partial charge on any atom is -0.379 e. The molecule has 0 aromatic heterocycles. The Balaban J connectivity index is 0.000000145. The normalized spacial score (nSPS) is 16.5. The highest BCUT2D eigenvalue weighted by molar-refractivity contribution is 4.55. The molecule has 1 aliphatic rings. The maximum absolute atomic E-state index is 8.11. The van der Waals surface area contributed by atoms with E-state index in [4.69, 9.17) is 10.1 Å². The molecular weight excluding hydrogens is 108 g/mol. The molecule has 4 nitrogen and oxygen atoms in total. The van der Waals surface area contributed by atoms with Crippen LogP contribution in [0.2, 0.25) is 0 Å². The second-order valence-electron chi connectivity index (χ2n) is 1.54. The van der Waals surface area contributed by atoms with Crippen molar-refractivity contribution >= 4 is 0 Å². The molecule has 0 radical (unpaired) electrons. The van der Waals surface area contributed by atoms with Crippen molar-refractivity contribution in [3.05, 3.63) is 4.91 Å². The Hall–Kier alpha value is -0.640. The van der Waals surface area contributed by atoms with Gasteiger partial charge in [-0.25, -0.2) is 0 Å². The first-order valence-corrected chi connectivity index (χ1v) is 2.59. The van der Waals surface area contributed by atoms with Gasteiger partial charge in [0, 0.05) is 0 Å². The van der Waals surface area contributed by atoms with Crippen LogP contribution in [0.4, 0.5) is 0 Å². The third-order valence-corrected chi connectivity index (χ3v) is 0.957. The lowest BCUT2D eigenvalue weighted by atomic mass is 10.4. The topological polar surface area (TPSA) is 61.7 Å². The van der Waals surface area contributed by atoms with E-state index >= 15 is 0 Å². The monoisotopic (exact) mass is 118 g/mol. The van der Waals surface area contributed by atoms with E-state index < -0.39 is 0 Å². The van der Waals surface area contributed by atoms with Crippen LogP contribution in [0.15, 0.2) is 5.34 Å². The van der Waals surface area contributed by atoms with Gasteiger partial charge >= 0.3 is 0 Å². The molecule has 4 heteroatoms. The van der Waals surface area contributed by atoms with Gasteiger partial charge in [-0.3, -0.25) is 0 Å². The van der Waals surface area contributed by atoms with E-state index in [0.29, 0.717) is 0 Å². The minimum atomic E-state index is 1.25. The molecule has 48 valence electrons. The lowest BCUT2D eigenvalue weighted by Crippen LogP contribution is -2.03. The van der Waals surface area contributed by atoms with E-state index in [1.54, 1.807) is 0 Å². The van der Waals surface area contributed by atoms with Crippen molar-refractivity contribution < 1.29 is 5.21 Å². The highest BCUT2D eigenvalue weighted by atomic mass is 16.6. The standard InChI is InChI=1S/C4H9N.HNO2/c1-2-4-5-3-1;2-1-3/h5H,1-4H2;(H,2,3). The summed E-state index contributed by atoms with van der Waals surface area (Å²) in [6.07, 6.45) is 2.78. The van der Waals surface area contributed by atoms with Gasteiger partial charge in [0.25, 0.3) is 0 Å². The fourth-order valence-electron chi connectivity index (χ4n) is 0.625.